The highest BCUT2D eigenvalue weighted by Gasteiger charge is 2.37. The van der Waals surface area contributed by atoms with E-state index in [1.165, 1.54) is 0 Å². The van der Waals surface area contributed by atoms with Gasteiger partial charge in [-0.25, -0.2) is 0 Å². The molecule has 2 N–H and O–H groups in total. The van der Waals surface area contributed by atoms with Gasteiger partial charge >= 0.3 is 0 Å². The highest BCUT2D eigenvalue weighted by atomic mass is 16.5. The first-order valence-corrected chi connectivity index (χ1v) is 7.41. The molecule has 0 saturated heterocycles. The molecule has 1 aromatic carbocycles. The van der Waals surface area contributed by atoms with Gasteiger partial charge in [-0.15, -0.1) is 0 Å². The summed E-state index contributed by atoms with van der Waals surface area (Å²) in [6.07, 6.45) is 0. The van der Waals surface area contributed by atoms with Gasteiger partial charge in [0, 0.05) is 6.07 Å². The monoisotopic (exact) mass is 315 g/mol. The topological polar surface area (TPSA) is 84.2 Å². The van der Waals surface area contributed by atoms with Crippen LogP contribution in [0.3, 0.4) is 0 Å². The van der Waals surface area contributed by atoms with Crippen LogP contribution in [0.15, 0.2) is 40.9 Å². The Morgan fingerprint density at radius 2 is 1.83 bits per heavy atom. The van der Waals surface area contributed by atoms with Gasteiger partial charge in [0.2, 0.25) is 11.8 Å². The van der Waals surface area contributed by atoms with Crippen molar-refractivity contribution in [1.82, 2.24) is 10.5 Å². The third-order valence-electron chi connectivity index (χ3n) is 3.65. The minimum atomic E-state index is -1.24. The number of anilines is 1. The number of carbonyl (C=O) groups is 2. The van der Waals surface area contributed by atoms with Crippen LogP contribution in [0.1, 0.15) is 38.1 Å². The number of aromatic nitrogens is 1. The van der Waals surface area contributed by atoms with E-state index >= 15 is 0 Å². The van der Waals surface area contributed by atoms with Gasteiger partial charge in [-0.2, -0.15) is 0 Å². The van der Waals surface area contributed by atoms with Crippen LogP contribution in [0.4, 0.5) is 5.82 Å². The Labute approximate surface area is 135 Å². The molecule has 2 amide bonds. The Morgan fingerprint density at radius 3 is 2.39 bits per heavy atom. The van der Waals surface area contributed by atoms with Crippen LogP contribution in [0, 0.1) is 12.3 Å². The summed E-state index contributed by atoms with van der Waals surface area (Å²) in [5.74, 6) is 0.0832. The predicted molar refractivity (Wildman–Crippen MR) is 86.7 cm³/mol. The number of benzene rings is 1. The fourth-order valence-electron chi connectivity index (χ4n) is 2.00. The third kappa shape index (κ3) is 3.97. The van der Waals surface area contributed by atoms with Crippen molar-refractivity contribution < 1.29 is 14.1 Å². The van der Waals surface area contributed by atoms with Gasteiger partial charge in [0.25, 0.3) is 0 Å². The zero-order chi connectivity index (χ0) is 17.0. The summed E-state index contributed by atoms with van der Waals surface area (Å²) in [5, 5.41) is 9.16. The molecular weight excluding hydrogens is 294 g/mol. The Bertz CT molecular complexity index is 692. The molecule has 0 radical (unpaired) electrons. The largest absolute Gasteiger partial charge is 0.360 e. The van der Waals surface area contributed by atoms with Crippen molar-refractivity contribution in [3.05, 3.63) is 47.7 Å². The molecule has 0 fully saturated rings. The number of hydrogen-bond acceptors (Lipinski definition) is 4. The molecule has 23 heavy (non-hydrogen) atoms. The zero-order valence-electron chi connectivity index (χ0n) is 13.7. The van der Waals surface area contributed by atoms with Crippen molar-refractivity contribution in [3.8, 4) is 0 Å². The molecule has 0 aliphatic heterocycles. The van der Waals surface area contributed by atoms with E-state index < -0.39 is 11.3 Å². The zero-order valence-corrected chi connectivity index (χ0v) is 13.7. The van der Waals surface area contributed by atoms with Gasteiger partial charge < -0.3 is 15.2 Å². The molecule has 2 rings (SSSR count). The number of carbonyl (C=O) groups excluding carboxylic acids is 2. The summed E-state index contributed by atoms with van der Waals surface area (Å²) in [6, 6.07) is 11.0. The molecule has 1 atom stereocenters. The number of hydrogen-bond donors (Lipinski definition) is 2. The lowest BCUT2D eigenvalue weighted by Crippen LogP contribution is -2.45. The predicted octanol–water partition coefficient (Wildman–Crippen LogP) is 2.83. The molecule has 6 heteroatoms. The average molecular weight is 315 g/mol. The summed E-state index contributed by atoms with van der Waals surface area (Å²) in [4.78, 5) is 24.8. The molecule has 6 nitrogen and oxygen atoms in total. The van der Waals surface area contributed by atoms with E-state index in [-0.39, 0.29) is 11.9 Å². The number of rotatable bonds is 5. The fourth-order valence-corrected chi connectivity index (χ4v) is 2.00. The second kappa shape index (κ2) is 6.64. The lowest BCUT2D eigenvalue weighted by molar-refractivity contribution is -0.138. The van der Waals surface area contributed by atoms with Crippen molar-refractivity contribution in [3.63, 3.8) is 0 Å². The van der Waals surface area contributed by atoms with Crippen LogP contribution in [-0.2, 0) is 9.59 Å². The molecule has 1 unspecified atom stereocenters. The van der Waals surface area contributed by atoms with Crippen LogP contribution >= 0.6 is 0 Å². The quantitative estimate of drug-likeness (QED) is 0.831. The first-order valence-electron chi connectivity index (χ1n) is 7.41. The summed E-state index contributed by atoms with van der Waals surface area (Å²) in [5.41, 5.74) is -0.264. The van der Waals surface area contributed by atoms with Crippen LogP contribution in [-0.4, -0.2) is 17.0 Å². The van der Waals surface area contributed by atoms with Gasteiger partial charge in [-0.1, -0.05) is 35.5 Å². The maximum atomic E-state index is 12.5. The Morgan fingerprint density at radius 1 is 1.17 bits per heavy atom. The summed E-state index contributed by atoms with van der Waals surface area (Å²) in [6.45, 7) is 6.74. The highest BCUT2D eigenvalue weighted by molar-refractivity contribution is 6.09. The van der Waals surface area contributed by atoms with Gasteiger partial charge in [0.15, 0.2) is 5.82 Å². The smallest absolute Gasteiger partial charge is 0.240 e. The van der Waals surface area contributed by atoms with E-state index in [0.29, 0.717) is 11.6 Å². The van der Waals surface area contributed by atoms with Crippen molar-refractivity contribution in [2.24, 2.45) is 5.41 Å². The van der Waals surface area contributed by atoms with Crippen molar-refractivity contribution in [2.75, 3.05) is 5.32 Å². The van der Waals surface area contributed by atoms with Gasteiger partial charge in [-0.3, -0.25) is 9.59 Å². The van der Waals surface area contributed by atoms with Crippen molar-refractivity contribution >= 4 is 17.6 Å². The lowest BCUT2D eigenvalue weighted by atomic mass is 9.90. The number of nitrogens with zero attached hydrogens (tertiary/aromatic N) is 1. The highest BCUT2D eigenvalue weighted by Crippen LogP contribution is 2.21. The Hall–Kier alpha value is -2.63. The molecular formula is C17H21N3O3. The van der Waals surface area contributed by atoms with Crippen LogP contribution in [0.2, 0.25) is 0 Å². The number of aryl methyl sites for hydroxylation is 1. The number of nitrogens with one attached hydrogen (secondary N) is 2. The maximum absolute atomic E-state index is 12.5. The minimum Gasteiger partial charge on any atom is -0.360 e. The van der Waals surface area contributed by atoms with Crippen LogP contribution < -0.4 is 10.6 Å². The van der Waals surface area contributed by atoms with E-state index in [2.05, 4.69) is 15.8 Å². The molecule has 0 bridgehead atoms. The van der Waals surface area contributed by atoms with Gasteiger partial charge in [0.05, 0.1) is 6.04 Å². The normalized spacial score (nSPS) is 12.5. The lowest BCUT2D eigenvalue weighted by Gasteiger charge is -2.24. The molecule has 0 aliphatic carbocycles. The molecule has 1 heterocycles. The second-order valence-corrected chi connectivity index (χ2v) is 6.01. The average Bonchev–Trinajstić information content (AvgIpc) is 2.93. The van der Waals surface area contributed by atoms with Crippen molar-refractivity contribution in [2.45, 2.75) is 33.7 Å². The van der Waals surface area contributed by atoms with E-state index in [1.54, 1.807) is 26.8 Å². The fraction of sp³-hybridized carbons (Fsp3) is 0.353. The molecule has 0 aliphatic rings. The van der Waals surface area contributed by atoms with E-state index in [4.69, 9.17) is 4.52 Å². The van der Waals surface area contributed by atoms with E-state index in [0.717, 1.165) is 5.56 Å². The SMILES string of the molecule is Cc1cc(NC(=O)C(C)(C)C(=O)NC(C)c2ccccc2)no1. The maximum Gasteiger partial charge on any atom is 0.240 e. The van der Waals surface area contributed by atoms with Gasteiger partial charge in [0.1, 0.15) is 11.2 Å². The van der Waals surface area contributed by atoms with Gasteiger partial charge in [-0.05, 0) is 33.3 Å². The second-order valence-electron chi connectivity index (χ2n) is 6.01. The first kappa shape index (κ1) is 16.7. The molecule has 122 valence electrons. The molecule has 1 aromatic heterocycles. The summed E-state index contributed by atoms with van der Waals surface area (Å²) < 4.78 is 4.90. The first-order chi connectivity index (χ1) is 10.8. The Balaban J connectivity index is 2.02. The van der Waals surface area contributed by atoms with E-state index in [1.807, 2.05) is 37.3 Å². The number of amides is 2. The van der Waals surface area contributed by atoms with Crippen molar-refractivity contribution in [1.29, 1.82) is 0 Å². The summed E-state index contributed by atoms with van der Waals surface area (Å²) >= 11 is 0. The minimum absolute atomic E-state index is 0.190. The Kier molecular flexibility index (Phi) is 4.83. The van der Waals surface area contributed by atoms with Crippen LogP contribution in [0.25, 0.3) is 0 Å². The standard InChI is InChI=1S/C17H21N3O3/c1-11-10-14(20-23-11)19-16(22)17(3,4)15(21)18-12(2)13-8-6-5-7-9-13/h5-10,12H,1-4H3,(H,18,21)(H,19,20,22). The molecule has 0 spiro atoms. The third-order valence-corrected chi connectivity index (χ3v) is 3.65. The summed E-state index contributed by atoms with van der Waals surface area (Å²) in [7, 11) is 0. The van der Waals surface area contributed by atoms with Crippen LogP contribution in [0.5, 0.6) is 0 Å². The van der Waals surface area contributed by atoms with E-state index in [9.17, 15) is 9.59 Å². The molecule has 2 aromatic rings. The molecule has 0 saturated carbocycles.